The van der Waals surface area contributed by atoms with E-state index in [2.05, 4.69) is 15.5 Å². The third-order valence-electron chi connectivity index (χ3n) is 5.54. The molecule has 0 aliphatic heterocycles. The van der Waals surface area contributed by atoms with Gasteiger partial charge in [0.15, 0.2) is 22.7 Å². The highest BCUT2D eigenvalue weighted by Crippen LogP contribution is 2.32. The maximum absolute atomic E-state index is 12.6. The molecule has 0 atom stereocenters. The first kappa shape index (κ1) is 24.8. The van der Waals surface area contributed by atoms with E-state index in [1.165, 1.54) is 60.8 Å². The van der Waals surface area contributed by atoms with Crippen LogP contribution >= 0.6 is 0 Å². The van der Waals surface area contributed by atoms with Crippen molar-refractivity contribution < 1.29 is 19.2 Å². The lowest BCUT2D eigenvalue weighted by molar-refractivity contribution is -0.384. The van der Waals surface area contributed by atoms with Crippen LogP contribution in [0.5, 0.6) is 17.5 Å². The minimum absolute atomic E-state index is 0.0726. The number of hydrogen-bond acceptors (Lipinski definition) is 9. The molecule has 0 aliphatic rings. The van der Waals surface area contributed by atoms with Crippen LogP contribution < -0.4 is 26.1 Å². The number of carbonyl (C=O) groups excluding carboxylic acids is 1. The monoisotopic (exact) mass is 507 g/mol. The number of carbonyl (C=O) groups is 1. The van der Waals surface area contributed by atoms with Crippen molar-refractivity contribution >= 4 is 29.0 Å². The molecular weight excluding hydrogens is 486 g/mol. The minimum atomic E-state index is -0.555. The van der Waals surface area contributed by atoms with Crippen molar-refractivity contribution in [1.29, 1.82) is 0 Å². The Kier molecular flexibility index (Phi) is 6.56. The fourth-order valence-electron chi connectivity index (χ4n) is 3.50. The molecule has 0 fully saturated rings. The zero-order chi connectivity index (χ0) is 26.9. The summed E-state index contributed by atoms with van der Waals surface area (Å²) in [6.07, 6.45) is 1.38. The maximum Gasteiger partial charge on any atom is 0.332 e. The summed E-state index contributed by atoms with van der Waals surface area (Å²) in [7, 11) is 5.93. The second kappa shape index (κ2) is 9.77. The lowest BCUT2D eigenvalue weighted by atomic mass is 10.2. The van der Waals surface area contributed by atoms with Gasteiger partial charge in [-0.05, 0) is 35.9 Å². The lowest BCUT2D eigenvalue weighted by Gasteiger charge is -2.10. The quantitative estimate of drug-likeness (QED) is 0.223. The highest BCUT2D eigenvalue weighted by molar-refractivity contribution is 5.95. The molecule has 2 heterocycles. The summed E-state index contributed by atoms with van der Waals surface area (Å²) >= 11 is 0. The smallest absolute Gasteiger partial charge is 0.332 e. The van der Waals surface area contributed by atoms with Crippen LogP contribution in [0.2, 0.25) is 0 Å². The highest BCUT2D eigenvalue weighted by atomic mass is 16.6. The number of rotatable bonds is 7. The zero-order valence-corrected chi connectivity index (χ0v) is 20.2. The molecule has 14 nitrogen and oxygen atoms in total. The number of nitro benzene ring substituents is 1. The van der Waals surface area contributed by atoms with Gasteiger partial charge in [-0.1, -0.05) is 0 Å². The first-order valence-corrected chi connectivity index (χ1v) is 10.7. The molecule has 4 rings (SSSR count). The number of nitrogens with one attached hydrogen (secondary N) is 1. The molecule has 2 aromatic heterocycles. The van der Waals surface area contributed by atoms with Gasteiger partial charge in [-0.25, -0.2) is 10.2 Å². The van der Waals surface area contributed by atoms with Crippen LogP contribution in [0.1, 0.15) is 15.9 Å². The van der Waals surface area contributed by atoms with Gasteiger partial charge < -0.3 is 9.47 Å². The van der Waals surface area contributed by atoms with Crippen LogP contribution in [-0.4, -0.2) is 42.8 Å². The average molecular weight is 507 g/mol. The number of nitro groups is 1. The molecule has 14 heteroatoms. The van der Waals surface area contributed by atoms with E-state index in [9.17, 15) is 24.5 Å². The third kappa shape index (κ3) is 4.67. The fraction of sp³-hybridized carbons (Fsp3) is 0.174. The molecule has 2 aromatic carbocycles. The van der Waals surface area contributed by atoms with E-state index >= 15 is 0 Å². The summed E-state index contributed by atoms with van der Waals surface area (Å²) in [6, 6.07) is 10.0. The van der Waals surface area contributed by atoms with Crippen LogP contribution in [0.15, 0.2) is 57.2 Å². The van der Waals surface area contributed by atoms with E-state index in [-0.39, 0.29) is 34.2 Å². The van der Waals surface area contributed by atoms with Gasteiger partial charge in [0.05, 0.1) is 18.2 Å². The highest BCUT2D eigenvalue weighted by Gasteiger charge is 2.19. The number of ether oxygens (including phenoxy) is 2. The second-order valence-corrected chi connectivity index (χ2v) is 7.85. The molecular formula is C23H21N7O7. The summed E-state index contributed by atoms with van der Waals surface area (Å²) < 4.78 is 15.0. The van der Waals surface area contributed by atoms with Crippen LogP contribution in [0.25, 0.3) is 11.2 Å². The Morgan fingerprint density at radius 2 is 1.76 bits per heavy atom. The standard InChI is InChI=1S/C23H21N7O7/c1-27-18-19(28(2)23(33)29(3)21(18)32)25-22(27)37-16-10-5-13(11-17(16)36-4)12-24-26-20(31)14-6-8-15(9-7-14)30(34)35/h5-12H,1-4H3,(H,26,31)/b24-12-. The predicted octanol–water partition coefficient (Wildman–Crippen LogP) is 1.44. The number of hydrazone groups is 1. The Morgan fingerprint density at radius 1 is 1.05 bits per heavy atom. The summed E-state index contributed by atoms with van der Waals surface area (Å²) in [5, 5.41) is 14.6. The molecule has 0 spiro atoms. The van der Waals surface area contributed by atoms with Gasteiger partial charge in [0.2, 0.25) is 0 Å². The van der Waals surface area contributed by atoms with E-state index < -0.39 is 22.1 Å². The van der Waals surface area contributed by atoms with E-state index in [4.69, 9.17) is 9.47 Å². The number of non-ortho nitro benzene ring substituents is 1. The number of aromatic nitrogens is 4. The average Bonchev–Trinajstić information content (AvgIpc) is 3.22. The maximum atomic E-state index is 12.6. The summed E-state index contributed by atoms with van der Waals surface area (Å²) in [6.45, 7) is 0. The Labute approximate surface area is 208 Å². The van der Waals surface area contributed by atoms with E-state index in [0.29, 0.717) is 11.3 Å². The van der Waals surface area contributed by atoms with Crippen molar-refractivity contribution in [3.05, 3.63) is 84.5 Å². The van der Waals surface area contributed by atoms with Crippen LogP contribution in [0.3, 0.4) is 0 Å². The molecule has 0 unspecified atom stereocenters. The van der Waals surface area contributed by atoms with Crippen LogP contribution in [0, 0.1) is 10.1 Å². The van der Waals surface area contributed by atoms with Gasteiger partial charge in [-0.15, -0.1) is 0 Å². The van der Waals surface area contributed by atoms with Gasteiger partial charge >= 0.3 is 11.7 Å². The van der Waals surface area contributed by atoms with E-state index in [1.54, 1.807) is 25.2 Å². The number of nitrogens with zero attached hydrogens (tertiary/aromatic N) is 6. The first-order chi connectivity index (χ1) is 17.6. The Morgan fingerprint density at radius 3 is 2.41 bits per heavy atom. The van der Waals surface area contributed by atoms with Gasteiger partial charge in [0.25, 0.3) is 17.2 Å². The minimum Gasteiger partial charge on any atom is -0.493 e. The van der Waals surface area contributed by atoms with Crippen molar-refractivity contribution in [3.63, 3.8) is 0 Å². The Hall–Kier alpha value is -5.27. The molecule has 0 aliphatic carbocycles. The number of aryl methyl sites for hydroxylation is 2. The van der Waals surface area contributed by atoms with Gasteiger partial charge in [-0.2, -0.15) is 10.1 Å². The van der Waals surface area contributed by atoms with Crippen LogP contribution in [-0.2, 0) is 21.1 Å². The lowest BCUT2D eigenvalue weighted by Crippen LogP contribution is -2.37. The van der Waals surface area contributed by atoms with Crippen molar-refractivity contribution in [3.8, 4) is 17.5 Å². The number of benzene rings is 2. The molecule has 0 radical (unpaired) electrons. The topological polar surface area (TPSA) is 165 Å². The number of methoxy groups -OCH3 is 1. The molecule has 4 aromatic rings. The third-order valence-corrected chi connectivity index (χ3v) is 5.54. The Balaban J connectivity index is 1.53. The second-order valence-electron chi connectivity index (χ2n) is 7.85. The summed E-state index contributed by atoms with van der Waals surface area (Å²) in [5.41, 5.74) is 2.36. The molecule has 37 heavy (non-hydrogen) atoms. The predicted molar refractivity (Wildman–Crippen MR) is 132 cm³/mol. The van der Waals surface area contributed by atoms with Gasteiger partial charge in [-0.3, -0.25) is 33.4 Å². The van der Waals surface area contributed by atoms with Crippen molar-refractivity contribution in [2.45, 2.75) is 0 Å². The molecule has 0 saturated heterocycles. The summed E-state index contributed by atoms with van der Waals surface area (Å²) in [5.74, 6) is 0.0646. The van der Waals surface area contributed by atoms with E-state index in [0.717, 1.165) is 4.57 Å². The molecule has 1 amide bonds. The van der Waals surface area contributed by atoms with Crippen molar-refractivity contribution in [1.82, 2.24) is 24.1 Å². The number of fused-ring (bicyclic) bond motifs is 1. The SMILES string of the molecule is COc1cc(/C=N\NC(=O)c2ccc([N+](=O)[O-])cc2)ccc1Oc1nc2c(c(=O)n(C)c(=O)n2C)n1C. The van der Waals surface area contributed by atoms with Crippen LogP contribution in [0.4, 0.5) is 5.69 Å². The number of amides is 1. The van der Waals surface area contributed by atoms with Gasteiger partial charge in [0, 0.05) is 38.8 Å². The molecule has 0 saturated carbocycles. The molecule has 190 valence electrons. The number of hydrogen-bond donors (Lipinski definition) is 1. The molecule has 0 bridgehead atoms. The molecule has 1 N–H and O–H groups in total. The van der Waals surface area contributed by atoms with Crippen molar-refractivity contribution in [2.24, 2.45) is 26.2 Å². The van der Waals surface area contributed by atoms with Crippen molar-refractivity contribution in [2.75, 3.05) is 7.11 Å². The van der Waals surface area contributed by atoms with Gasteiger partial charge in [0.1, 0.15) is 0 Å². The number of imidazole rings is 1. The van der Waals surface area contributed by atoms with E-state index in [1.807, 2.05) is 0 Å². The first-order valence-electron chi connectivity index (χ1n) is 10.7. The normalized spacial score (nSPS) is 11.1. The fourth-order valence-corrected chi connectivity index (χ4v) is 3.50. The largest absolute Gasteiger partial charge is 0.493 e. The Bertz CT molecular complexity index is 1680. The zero-order valence-electron chi connectivity index (χ0n) is 20.2. The summed E-state index contributed by atoms with van der Waals surface area (Å²) in [4.78, 5) is 51.5.